The third-order valence-electron chi connectivity index (χ3n) is 4.77. The van der Waals surface area contributed by atoms with E-state index in [9.17, 15) is 4.79 Å². The Kier molecular flexibility index (Phi) is 3.55. The highest BCUT2D eigenvalue weighted by Crippen LogP contribution is 2.30. The van der Waals surface area contributed by atoms with Crippen LogP contribution in [0, 0.1) is 5.92 Å². The Bertz CT molecular complexity index is 505. The number of rotatable bonds is 3. The van der Waals surface area contributed by atoms with Crippen LogP contribution in [-0.2, 0) is 17.6 Å². The van der Waals surface area contributed by atoms with Crippen molar-refractivity contribution < 1.29 is 4.79 Å². The van der Waals surface area contributed by atoms with Gasteiger partial charge in [0.1, 0.15) is 0 Å². The van der Waals surface area contributed by atoms with Gasteiger partial charge in [0.2, 0.25) is 5.91 Å². The van der Waals surface area contributed by atoms with E-state index < -0.39 is 0 Å². The van der Waals surface area contributed by atoms with Crippen molar-refractivity contribution >= 4 is 5.91 Å². The van der Waals surface area contributed by atoms with Crippen LogP contribution in [-0.4, -0.2) is 29.4 Å². The summed E-state index contributed by atoms with van der Waals surface area (Å²) in [6.07, 6.45) is 5.03. The number of carbonyl (C=O) groups excluding carboxylic acids is 1. The van der Waals surface area contributed by atoms with Gasteiger partial charge >= 0.3 is 0 Å². The lowest BCUT2D eigenvalue weighted by Crippen LogP contribution is -2.69. The maximum Gasteiger partial charge on any atom is 0.226 e. The van der Waals surface area contributed by atoms with E-state index in [2.05, 4.69) is 31.2 Å². The summed E-state index contributed by atoms with van der Waals surface area (Å²) in [6, 6.07) is 8.51. The summed E-state index contributed by atoms with van der Waals surface area (Å²) in [7, 11) is 0. The molecule has 3 heteroatoms. The van der Waals surface area contributed by atoms with Crippen molar-refractivity contribution in [1.82, 2.24) is 4.90 Å². The highest BCUT2D eigenvalue weighted by molar-refractivity contribution is 5.80. The van der Waals surface area contributed by atoms with Crippen LogP contribution in [0.5, 0.6) is 0 Å². The van der Waals surface area contributed by atoms with Crippen molar-refractivity contribution in [3.8, 4) is 0 Å². The molecular formula is C17H24N2O. The summed E-state index contributed by atoms with van der Waals surface area (Å²) >= 11 is 0. The van der Waals surface area contributed by atoms with Gasteiger partial charge in [0, 0.05) is 19.0 Å². The van der Waals surface area contributed by atoms with Gasteiger partial charge < -0.3 is 10.6 Å². The standard InChI is InChI=1S/C17H24N2O/c1-2-9-17(18)11-19(12-17)16(20)15-8-7-13-5-3-4-6-14(13)10-15/h3-6,15H,2,7-12,18H2,1H3. The molecule has 0 bridgehead atoms. The molecule has 1 unspecified atom stereocenters. The third kappa shape index (κ3) is 2.47. The van der Waals surface area contributed by atoms with Crippen LogP contribution < -0.4 is 5.73 Å². The molecule has 3 nitrogen and oxygen atoms in total. The van der Waals surface area contributed by atoms with E-state index in [1.165, 1.54) is 11.1 Å². The van der Waals surface area contributed by atoms with Crippen LogP contribution in [0.4, 0.5) is 0 Å². The second-order valence-electron chi connectivity index (χ2n) is 6.52. The zero-order chi connectivity index (χ0) is 14.2. The molecular weight excluding hydrogens is 248 g/mol. The minimum Gasteiger partial charge on any atom is -0.339 e. The molecule has 1 aromatic carbocycles. The average molecular weight is 272 g/mol. The maximum atomic E-state index is 12.6. The summed E-state index contributed by atoms with van der Waals surface area (Å²) in [5.74, 6) is 0.479. The summed E-state index contributed by atoms with van der Waals surface area (Å²) < 4.78 is 0. The van der Waals surface area contributed by atoms with Crippen molar-refractivity contribution in [3.63, 3.8) is 0 Å². The van der Waals surface area contributed by atoms with E-state index in [4.69, 9.17) is 5.73 Å². The number of hydrogen-bond donors (Lipinski definition) is 1. The molecule has 1 saturated heterocycles. The van der Waals surface area contributed by atoms with E-state index >= 15 is 0 Å². The van der Waals surface area contributed by atoms with E-state index in [1.54, 1.807) is 0 Å². The van der Waals surface area contributed by atoms with Crippen molar-refractivity contribution in [2.24, 2.45) is 11.7 Å². The molecule has 1 amide bonds. The lowest BCUT2D eigenvalue weighted by atomic mass is 9.80. The highest BCUT2D eigenvalue weighted by Gasteiger charge is 2.43. The van der Waals surface area contributed by atoms with E-state index in [-0.39, 0.29) is 11.5 Å². The zero-order valence-corrected chi connectivity index (χ0v) is 12.3. The first-order valence-corrected chi connectivity index (χ1v) is 7.76. The van der Waals surface area contributed by atoms with E-state index in [0.717, 1.165) is 45.2 Å². The van der Waals surface area contributed by atoms with Gasteiger partial charge in [-0.2, -0.15) is 0 Å². The normalized spacial score (nSPS) is 23.9. The molecule has 0 aromatic heterocycles. The molecule has 108 valence electrons. The predicted octanol–water partition coefficient (Wildman–Crippen LogP) is 2.13. The number of hydrogen-bond acceptors (Lipinski definition) is 2. The SMILES string of the molecule is CCCC1(N)CN(C(=O)C2CCc3ccccc3C2)C1. The van der Waals surface area contributed by atoms with Crippen LogP contribution in [0.15, 0.2) is 24.3 Å². The molecule has 1 aromatic rings. The number of carbonyl (C=O) groups is 1. The van der Waals surface area contributed by atoms with Gasteiger partial charge in [0.05, 0.1) is 5.54 Å². The quantitative estimate of drug-likeness (QED) is 0.916. The Labute approximate surface area is 121 Å². The highest BCUT2D eigenvalue weighted by atomic mass is 16.2. The second-order valence-corrected chi connectivity index (χ2v) is 6.52. The first-order valence-electron chi connectivity index (χ1n) is 7.76. The first kappa shape index (κ1) is 13.6. The summed E-state index contributed by atoms with van der Waals surface area (Å²) in [6.45, 7) is 3.65. The minimum absolute atomic E-state index is 0.114. The molecule has 0 radical (unpaired) electrons. The molecule has 1 aliphatic heterocycles. The third-order valence-corrected chi connectivity index (χ3v) is 4.77. The van der Waals surface area contributed by atoms with Crippen molar-refractivity contribution in [1.29, 1.82) is 0 Å². The molecule has 2 aliphatic rings. The smallest absolute Gasteiger partial charge is 0.226 e. The van der Waals surface area contributed by atoms with Gasteiger partial charge in [-0.05, 0) is 36.8 Å². The fourth-order valence-corrected chi connectivity index (χ4v) is 3.69. The Hall–Kier alpha value is -1.35. The Morgan fingerprint density at radius 3 is 2.75 bits per heavy atom. The average Bonchev–Trinajstić information content (AvgIpc) is 2.43. The maximum absolute atomic E-state index is 12.6. The van der Waals surface area contributed by atoms with Gasteiger partial charge in [-0.3, -0.25) is 4.79 Å². The lowest BCUT2D eigenvalue weighted by molar-refractivity contribution is -0.143. The molecule has 0 saturated carbocycles. The van der Waals surface area contributed by atoms with E-state index in [0.29, 0.717) is 5.91 Å². The topological polar surface area (TPSA) is 46.3 Å². The molecule has 1 aliphatic carbocycles. The molecule has 2 N–H and O–H groups in total. The number of nitrogens with zero attached hydrogens (tertiary/aromatic N) is 1. The molecule has 1 fully saturated rings. The molecule has 1 heterocycles. The molecule has 20 heavy (non-hydrogen) atoms. The second kappa shape index (κ2) is 5.21. The lowest BCUT2D eigenvalue weighted by Gasteiger charge is -2.49. The molecule has 1 atom stereocenters. The number of benzene rings is 1. The number of fused-ring (bicyclic) bond motifs is 1. The number of likely N-dealkylation sites (tertiary alicyclic amines) is 1. The zero-order valence-electron chi connectivity index (χ0n) is 12.3. The largest absolute Gasteiger partial charge is 0.339 e. The Morgan fingerprint density at radius 2 is 2.05 bits per heavy atom. The van der Waals surface area contributed by atoms with Crippen LogP contribution in [0.2, 0.25) is 0 Å². The van der Waals surface area contributed by atoms with Gasteiger partial charge in [-0.1, -0.05) is 37.6 Å². The van der Waals surface area contributed by atoms with Gasteiger partial charge in [0.15, 0.2) is 0 Å². The monoisotopic (exact) mass is 272 g/mol. The number of nitrogens with two attached hydrogens (primary N) is 1. The van der Waals surface area contributed by atoms with Gasteiger partial charge in [-0.15, -0.1) is 0 Å². The Morgan fingerprint density at radius 1 is 1.35 bits per heavy atom. The van der Waals surface area contributed by atoms with Crippen molar-refractivity contribution in [3.05, 3.63) is 35.4 Å². The summed E-state index contributed by atoms with van der Waals surface area (Å²) in [5, 5.41) is 0. The van der Waals surface area contributed by atoms with Crippen LogP contribution in [0.25, 0.3) is 0 Å². The molecule has 3 rings (SSSR count). The van der Waals surface area contributed by atoms with Crippen LogP contribution >= 0.6 is 0 Å². The minimum atomic E-state index is -0.114. The predicted molar refractivity (Wildman–Crippen MR) is 80.4 cm³/mol. The van der Waals surface area contributed by atoms with Crippen LogP contribution in [0.3, 0.4) is 0 Å². The van der Waals surface area contributed by atoms with Crippen molar-refractivity contribution in [2.45, 2.75) is 44.6 Å². The van der Waals surface area contributed by atoms with Gasteiger partial charge in [-0.25, -0.2) is 0 Å². The van der Waals surface area contributed by atoms with Crippen LogP contribution in [0.1, 0.15) is 37.3 Å². The van der Waals surface area contributed by atoms with Crippen molar-refractivity contribution in [2.75, 3.05) is 13.1 Å². The first-order chi connectivity index (χ1) is 9.61. The van der Waals surface area contributed by atoms with Gasteiger partial charge in [0.25, 0.3) is 0 Å². The Balaban J connectivity index is 1.61. The summed E-state index contributed by atoms with van der Waals surface area (Å²) in [5.41, 5.74) is 8.91. The number of aryl methyl sites for hydroxylation is 1. The fraction of sp³-hybridized carbons (Fsp3) is 0.588. The van der Waals surface area contributed by atoms with E-state index in [1.807, 2.05) is 4.90 Å². The summed E-state index contributed by atoms with van der Waals surface area (Å²) in [4.78, 5) is 14.5. The molecule has 0 spiro atoms. The number of amides is 1. The fourth-order valence-electron chi connectivity index (χ4n) is 3.69.